The highest BCUT2D eigenvalue weighted by Crippen LogP contribution is 2.46. The van der Waals surface area contributed by atoms with E-state index in [9.17, 15) is 9.90 Å². The zero-order valence-corrected chi connectivity index (χ0v) is 33.7. The van der Waals surface area contributed by atoms with Crippen molar-refractivity contribution in [3.8, 4) is 16.9 Å². The topological polar surface area (TPSA) is 107 Å². The maximum atomic E-state index is 15.2. The molecule has 1 aliphatic heterocycles. The molecule has 0 spiro atoms. The summed E-state index contributed by atoms with van der Waals surface area (Å²) in [5.41, 5.74) is 12.3. The lowest BCUT2D eigenvalue weighted by molar-refractivity contribution is 0.0696. The van der Waals surface area contributed by atoms with Gasteiger partial charge in [-0.2, -0.15) is 5.10 Å². The molecule has 0 saturated heterocycles. The molecule has 1 unspecified atom stereocenters. The van der Waals surface area contributed by atoms with Crippen LogP contribution in [0.1, 0.15) is 74.0 Å². The Kier molecular flexibility index (Phi) is 9.51. The number of carbonyl (C=O) groups excluding carboxylic acids is 1. The molecular weight excluding hydrogens is 755 g/mol. The van der Waals surface area contributed by atoms with Gasteiger partial charge in [0.05, 0.1) is 57.4 Å². The first-order valence-electron chi connectivity index (χ1n) is 18.1. The summed E-state index contributed by atoms with van der Waals surface area (Å²) in [5.74, 6) is -0.438. The largest absolute Gasteiger partial charge is 0.494 e. The Labute approximate surface area is 332 Å². The standard InChI is InChI=1S/C42H40Cl2N6O4S/c1-22-14-29(15-23(2)38(22)44)54-13-7-8-30-31-10-11-33(43)37(36-25(4)46-47(6)26(36)5)39(31)50-24(3)17-49(41(51)40(30)50)35-19-48(18-28-20-55-21-45-28)34-12-9-27(42(52)53)16-32(34)35/h9-12,14-16,19-21,24H,7-8,13,17-18H2,1-6H3,(H,52,53). The fraction of sp³-hybridized carbons (Fsp3) is 0.286. The molecule has 0 bridgehead atoms. The third kappa shape index (κ3) is 6.28. The zero-order valence-electron chi connectivity index (χ0n) is 31.4. The summed E-state index contributed by atoms with van der Waals surface area (Å²) >= 11 is 15.1. The molecule has 1 aliphatic rings. The predicted octanol–water partition coefficient (Wildman–Crippen LogP) is 9.97. The lowest BCUT2D eigenvalue weighted by Crippen LogP contribution is -2.42. The second kappa shape index (κ2) is 14.2. The Morgan fingerprint density at radius 2 is 1.80 bits per heavy atom. The lowest BCUT2D eigenvalue weighted by atomic mass is 9.98. The van der Waals surface area contributed by atoms with Gasteiger partial charge in [-0.15, -0.1) is 11.3 Å². The van der Waals surface area contributed by atoms with Gasteiger partial charge in [0.2, 0.25) is 0 Å². The van der Waals surface area contributed by atoms with E-state index in [0.29, 0.717) is 54.3 Å². The molecule has 4 aromatic heterocycles. The van der Waals surface area contributed by atoms with Crippen LogP contribution in [0.4, 0.5) is 5.69 Å². The van der Waals surface area contributed by atoms with Gasteiger partial charge in [0.1, 0.15) is 11.4 Å². The van der Waals surface area contributed by atoms with Gasteiger partial charge in [-0.1, -0.05) is 29.3 Å². The molecule has 0 radical (unpaired) electrons. The fourth-order valence-electron chi connectivity index (χ4n) is 8.18. The molecule has 0 aliphatic carbocycles. The van der Waals surface area contributed by atoms with E-state index in [1.54, 1.807) is 17.6 Å². The number of carboxylic acid groups (broad SMARTS) is 1. The fourth-order valence-corrected chi connectivity index (χ4v) is 9.09. The number of carboxylic acids is 1. The number of carbonyl (C=O) groups is 2. The van der Waals surface area contributed by atoms with Crippen molar-refractivity contribution in [3.05, 3.63) is 115 Å². The van der Waals surface area contributed by atoms with E-state index >= 15 is 4.79 Å². The smallest absolute Gasteiger partial charge is 0.335 e. The van der Waals surface area contributed by atoms with Gasteiger partial charge < -0.3 is 23.9 Å². The van der Waals surface area contributed by atoms with Crippen LogP contribution in [0.25, 0.3) is 32.9 Å². The summed E-state index contributed by atoms with van der Waals surface area (Å²) in [6, 6.07) is 12.7. The van der Waals surface area contributed by atoms with Crippen molar-refractivity contribution in [2.75, 3.05) is 18.1 Å². The van der Waals surface area contributed by atoms with Gasteiger partial charge in [0.25, 0.3) is 5.91 Å². The van der Waals surface area contributed by atoms with Gasteiger partial charge in [0.15, 0.2) is 0 Å². The van der Waals surface area contributed by atoms with Crippen molar-refractivity contribution in [2.45, 2.75) is 60.0 Å². The summed E-state index contributed by atoms with van der Waals surface area (Å²) in [6.45, 7) is 11.3. The van der Waals surface area contributed by atoms with E-state index in [0.717, 1.165) is 72.1 Å². The van der Waals surface area contributed by atoms with Crippen molar-refractivity contribution < 1.29 is 19.4 Å². The summed E-state index contributed by atoms with van der Waals surface area (Å²) in [7, 11) is 1.92. The number of benzene rings is 3. The number of thiazole rings is 1. The van der Waals surface area contributed by atoms with Crippen LogP contribution in [0.5, 0.6) is 5.75 Å². The molecule has 5 heterocycles. The van der Waals surface area contributed by atoms with Crippen LogP contribution < -0.4 is 9.64 Å². The maximum Gasteiger partial charge on any atom is 0.335 e. The first-order valence-corrected chi connectivity index (χ1v) is 19.8. The third-order valence-corrected chi connectivity index (χ3v) is 12.3. The summed E-state index contributed by atoms with van der Waals surface area (Å²) in [4.78, 5) is 33.7. The van der Waals surface area contributed by atoms with Crippen LogP contribution in [0.15, 0.2) is 59.6 Å². The van der Waals surface area contributed by atoms with Crippen molar-refractivity contribution in [2.24, 2.45) is 7.05 Å². The molecule has 1 N–H and O–H groups in total. The molecule has 7 aromatic rings. The minimum Gasteiger partial charge on any atom is -0.494 e. The molecule has 10 nitrogen and oxygen atoms in total. The SMILES string of the molecule is Cc1cc(OCCCc2c3n(c4c(-c5c(C)nn(C)c5C)c(Cl)ccc24)C(C)CN(c2cn(Cc4cscn4)c4ccc(C(=O)O)cc24)C3=O)cc(C)c1Cl. The van der Waals surface area contributed by atoms with E-state index in [2.05, 4.69) is 16.5 Å². The molecule has 8 rings (SSSR count). The van der Waals surface area contributed by atoms with Crippen LogP contribution in [0, 0.1) is 27.7 Å². The van der Waals surface area contributed by atoms with Gasteiger partial charge >= 0.3 is 5.97 Å². The summed E-state index contributed by atoms with van der Waals surface area (Å²) in [6.07, 6.45) is 3.16. The van der Waals surface area contributed by atoms with E-state index in [1.165, 1.54) is 11.3 Å². The van der Waals surface area contributed by atoms with Gasteiger partial charge in [-0.25, -0.2) is 9.78 Å². The number of halogens is 2. The van der Waals surface area contributed by atoms with Crippen molar-refractivity contribution in [3.63, 3.8) is 0 Å². The molecule has 0 saturated carbocycles. The molecule has 13 heteroatoms. The Bertz CT molecular complexity index is 2650. The van der Waals surface area contributed by atoms with Gasteiger partial charge in [-0.3, -0.25) is 9.48 Å². The number of nitrogens with zero attached hydrogens (tertiary/aromatic N) is 6. The average molecular weight is 796 g/mol. The second-order valence-corrected chi connectivity index (χ2v) is 15.9. The molecular formula is C42H40Cl2N6O4S. The molecule has 1 amide bonds. The lowest BCUT2D eigenvalue weighted by Gasteiger charge is -2.34. The number of aromatic carboxylic acids is 1. The monoisotopic (exact) mass is 794 g/mol. The molecule has 55 heavy (non-hydrogen) atoms. The minimum atomic E-state index is -1.03. The third-order valence-electron chi connectivity index (χ3n) is 10.8. The first kappa shape index (κ1) is 36.9. The Morgan fingerprint density at radius 1 is 1.04 bits per heavy atom. The Balaban J connectivity index is 1.27. The molecule has 3 aromatic carbocycles. The molecule has 0 fully saturated rings. The van der Waals surface area contributed by atoms with Crippen LogP contribution in [-0.4, -0.2) is 54.0 Å². The van der Waals surface area contributed by atoms with Crippen molar-refractivity contribution >= 4 is 73.9 Å². The number of hydrogen-bond donors (Lipinski definition) is 1. The highest BCUT2D eigenvalue weighted by Gasteiger charge is 2.38. The summed E-state index contributed by atoms with van der Waals surface area (Å²) < 4.78 is 12.3. The molecule has 1 atom stereocenters. The predicted molar refractivity (Wildman–Crippen MR) is 220 cm³/mol. The van der Waals surface area contributed by atoms with Crippen LogP contribution in [0.2, 0.25) is 10.0 Å². The van der Waals surface area contributed by atoms with E-state index < -0.39 is 5.97 Å². The number of anilines is 1. The number of aryl methyl sites for hydroxylation is 5. The number of amides is 1. The Hall–Kier alpha value is -5.10. The number of hydrogen-bond acceptors (Lipinski definition) is 6. The second-order valence-electron chi connectivity index (χ2n) is 14.4. The first-order chi connectivity index (χ1) is 26.3. The van der Waals surface area contributed by atoms with Crippen molar-refractivity contribution in [1.29, 1.82) is 0 Å². The highest BCUT2D eigenvalue weighted by molar-refractivity contribution is 7.07. The van der Waals surface area contributed by atoms with Crippen molar-refractivity contribution in [1.82, 2.24) is 23.9 Å². The number of ether oxygens (including phenoxy) is 1. The van der Waals surface area contributed by atoms with E-state index in [1.807, 2.05) is 90.8 Å². The number of fused-ring (bicyclic) bond motifs is 4. The zero-order chi connectivity index (χ0) is 38.9. The quantitative estimate of drug-likeness (QED) is 0.138. The van der Waals surface area contributed by atoms with Gasteiger partial charge in [-0.05, 0) is 101 Å². The average Bonchev–Trinajstić information content (AvgIpc) is 3.92. The normalized spacial score (nSPS) is 14.4. The van der Waals surface area contributed by atoms with E-state index in [4.69, 9.17) is 33.0 Å². The molecule has 282 valence electrons. The van der Waals surface area contributed by atoms with E-state index in [-0.39, 0.29) is 17.5 Å². The van der Waals surface area contributed by atoms with Crippen LogP contribution >= 0.6 is 34.5 Å². The van der Waals surface area contributed by atoms with Gasteiger partial charge in [0, 0.05) is 63.8 Å². The van der Waals surface area contributed by atoms with Crippen LogP contribution in [0.3, 0.4) is 0 Å². The maximum absolute atomic E-state index is 15.2. The Morgan fingerprint density at radius 3 is 2.47 bits per heavy atom. The van der Waals surface area contributed by atoms with Crippen LogP contribution in [-0.2, 0) is 20.0 Å². The number of aromatic nitrogens is 5. The minimum absolute atomic E-state index is 0.153. The highest BCUT2D eigenvalue weighted by atomic mass is 35.5. The number of rotatable bonds is 10. The summed E-state index contributed by atoms with van der Waals surface area (Å²) in [5, 5.41) is 19.6.